The van der Waals surface area contributed by atoms with E-state index in [1.165, 1.54) is 64.7 Å². The number of nitrogens with zero attached hydrogens (tertiary/aromatic N) is 5. The fourth-order valence-corrected chi connectivity index (χ4v) is 17.6. The van der Waals surface area contributed by atoms with E-state index in [9.17, 15) is 33.6 Å². The van der Waals surface area contributed by atoms with Gasteiger partial charge < -0.3 is 39.2 Å². The second-order valence-electron chi connectivity index (χ2n) is 28.9. The molecule has 8 saturated carbocycles. The van der Waals surface area contributed by atoms with Crippen molar-refractivity contribution in [2.24, 2.45) is 35.5 Å². The summed E-state index contributed by atoms with van der Waals surface area (Å²) in [7, 11) is 0. The summed E-state index contributed by atoms with van der Waals surface area (Å²) in [4.78, 5) is 86.4. The molecular formula is C83H97BrLiN9O10. The summed E-state index contributed by atoms with van der Waals surface area (Å²) in [5.74, 6) is 2.29. The van der Waals surface area contributed by atoms with E-state index < -0.39 is 17.5 Å². The van der Waals surface area contributed by atoms with Crippen LogP contribution in [0.3, 0.4) is 0 Å². The van der Waals surface area contributed by atoms with Gasteiger partial charge in [-0.25, -0.2) is 4.79 Å². The SMILES string of the molecule is CCC(=O)c1ccccc1.CCOC(=O)C(=O)[C-](C)C(=O)c1ccc(Br)cc1.CCOC(=O)c1[nH]nc(-c2ccccc2)c1C.Cc1c(-c2ccccc2)n[nH]c1C(=O)NC12CC3CC(CC(C3)C1)C2.Cc1c(C(=O)NC23CC4CC(CC(C4)C2)C3)nn(CCN2CCOCC2)c1-c1ccccc1.[Li+]. The first kappa shape index (κ1) is 78.1. The number of aromatic nitrogens is 6. The van der Waals surface area contributed by atoms with Gasteiger partial charge in [0.1, 0.15) is 11.4 Å². The van der Waals surface area contributed by atoms with Gasteiger partial charge in [-0.2, -0.15) is 15.3 Å². The standard InChI is InChI=1S/C27H36N4O2.C21H25N3O.C13H12BrO4.C13H14N2O2.C9H10O.Li/c1-19-24(26(32)28-27-16-20-13-21(17-27)15-22(14-20)18-27)29-31(8-7-30-9-11-33-12-10-30)25(19)23-5-3-2-4-6-23;1-13-18(17-5-3-2-4-6-17)23-24-19(13)20(25)22-21-10-14-7-15(11-21)9-16(8-14)12-21;1-3-18-13(17)12(16)8(2)11(15)9-4-6-10(14)7-5-9;1-3-17-13(16)12-9(2)11(14-15-12)10-7-5-4-6-8-10;1-2-9(10)8-6-4-3-5-7-8;/h2-6,20-22H,7-18H2,1H3,(H,28,32);2-6,14-16H,7-12H2,1H3,(H,22,25)(H,23,24);4-7H,3H2,1-2H3;4-8H,3H2,1-2H3,(H,14,15);3-7H,2H2,1H3;/q;;-1;;;+1. The zero-order valence-corrected chi connectivity index (χ0v) is 63.0. The number of H-pyrrole nitrogens is 2. The maximum Gasteiger partial charge on any atom is 1.00 e. The van der Waals surface area contributed by atoms with Crippen LogP contribution in [0.4, 0.5) is 0 Å². The molecule has 9 fully saturated rings. The van der Waals surface area contributed by atoms with Crippen molar-refractivity contribution in [1.82, 2.24) is 45.7 Å². The molecule has 9 aliphatic rings. The summed E-state index contributed by atoms with van der Waals surface area (Å²) < 4.78 is 17.9. The first-order valence-corrected chi connectivity index (χ1v) is 37.4. The van der Waals surface area contributed by atoms with E-state index in [2.05, 4.69) is 92.5 Å². The summed E-state index contributed by atoms with van der Waals surface area (Å²) >= 11 is 3.25. The zero-order chi connectivity index (χ0) is 72.8. The summed E-state index contributed by atoms with van der Waals surface area (Å²) in [6.45, 7) is 18.1. The van der Waals surface area contributed by atoms with Crippen molar-refractivity contribution < 1.29 is 66.6 Å². The minimum absolute atomic E-state index is 0. The molecule has 0 spiro atoms. The number of esters is 2. The average Bonchev–Trinajstić information content (AvgIpc) is 0.847. The van der Waals surface area contributed by atoms with Crippen LogP contribution in [0.15, 0.2) is 150 Å². The zero-order valence-electron chi connectivity index (χ0n) is 61.4. The Hall–Kier alpha value is -8.51. The molecular weight excluding hydrogens is 1370 g/mol. The fraction of sp³-hybridized carbons (Fsp3) is 0.434. The number of morpholine rings is 1. The Labute approximate surface area is 631 Å². The first-order valence-electron chi connectivity index (χ1n) is 36.6. The van der Waals surface area contributed by atoms with Crippen LogP contribution in [0, 0.1) is 62.2 Å². The van der Waals surface area contributed by atoms with Gasteiger partial charge in [0.2, 0.25) is 0 Å². The van der Waals surface area contributed by atoms with Gasteiger partial charge in [-0.3, -0.25) is 34.2 Å². The second kappa shape index (κ2) is 36.0. The molecule has 0 unspecified atom stereocenters. The third kappa shape index (κ3) is 19.1. The molecule has 1 aliphatic heterocycles. The van der Waals surface area contributed by atoms with Crippen LogP contribution >= 0.6 is 15.9 Å². The third-order valence-electron chi connectivity index (χ3n) is 21.5. The van der Waals surface area contributed by atoms with Crippen molar-refractivity contribution in [2.75, 3.05) is 46.1 Å². The molecule has 8 aromatic rings. The molecule has 0 atom stereocenters. The van der Waals surface area contributed by atoms with Crippen LogP contribution in [-0.4, -0.2) is 133 Å². The van der Waals surface area contributed by atoms with Crippen LogP contribution in [0.2, 0.25) is 0 Å². The predicted molar refractivity (Wildman–Crippen MR) is 400 cm³/mol. The number of nitrogens with one attached hydrogen (secondary N) is 4. The largest absolute Gasteiger partial charge is 1.00 e. The van der Waals surface area contributed by atoms with Crippen LogP contribution in [0.25, 0.3) is 33.8 Å². The van der Waals surface area contributed by atoms with E-state index >= 15 is 0 Å². The molecule has 8 aliphatic carbocycles. The monoisotopic (exact) mass is 1470 g/mol. The Morgan fingerprint density at radius 3 is 1.44 bits per heavy atom. The van der Waals surface area contributed by atoms with Crippen molar-refractivity contribution in [3.63, 3.8) is 0 Å². The van der Waals surface area contributed by atoms with Crippen LogP contribution in [0.5, 0.6) is 0 Å². The number of Topliss-reactive ketones (excluding diaryl/α,β-unsaturated/α-hetero) is 3. The maximum atomic E-state index is 13.6. The normalized spacial score (nSPS) is 22.0. The Bertz CT molecular complexity index is 4160. The van der Waals surface area contributed by atoms with Crippen LogP contribution in [0.1, 0.15) is 180 Å². The number of ketones is 3. The van der Waals surface area contributed by atoms with E-state index in [0.717, 1.165) is 155 Å². The molecule has 4 heterocycles. The number of amides is 2. The molecule has 4 N–H and O–H groups in total. The predicted octanol–water partition coefficient (Wildman–Crippen LogP) is 12.2. The smallest absolute Gasteiger partial charge is 0.517 e. The number of hydrogen-bond donors (Lipinski definition) is 4. The van der Waals surface area contributed by atoms with Crippen molar-refractivity contribution in [2.45, 2.75) is 150 Å². The minimum atomic E-state index is -1.000. The van der Waals surface area contributed by atoms with Gasteiger partial charge in [0.05, 0.1) is 55.8 Å². The van der Waals surface area contributed by atoms with E-state index in [1.54, 1.807) is 38.1 Å². The third-order valence-corrected chi connectivity index (χ3v) is 22.0. The van der Waals surface area contributed by atoms with Crippen LogP contribution in [-0.2, 0) is 30.3 Å². The molecule has 8 bridgehead atoms. The van der Waals surface area contributed by atoms with Gasteiger partial charge in [-0.15, -0.1) is 12.1 Å². The molecule has 542 valence electrons. The average molecular weight is 1470 g/mol. The minimum Gasteiger partial charge on any atom is -0.517 e. The quantitative estimate of drug-likeness (QED) is 0.0147. The Morgan fingerprint density at radius 1 is 0.548 bits per heavy atom. The summed E-state index contributed by atoms with van der Waals surface area (Å²) in [6.07, 6.45) is 15.9. The van der Waals surface area contributed by atoms with Crippen LogP contribution < -0.4 is 29.5 Å². The number of aromatic amines is 2. The number of carbonyl (C=O) groups is 7. The van der Waals surface area contributed by atoms with Gasteiger partial charge in [-0.1, -0.05) is 175 Å². The van der Waals surface area contributed by atoms with Gasteiger partial charge in [0.25, 0.3) is 17.8 Å². The van der Waals surface area contributed by atoms with Crippen molar-refractivity contribution in [1.29, 1.82) is 0 Å². The Kier molecular flexibility index (Phi) is 27.0. The summed E-state index contributed by atoms with van der Waals surface area (Å²) in [5, 5.41) is 26.2. The summed E-state index contributed by atoms with van der Waals surface area (Å²) in [5.41, 5.74) is 11.5. The fourth-order valence-electron chi connectivity index (χ4n) is 17.4. The van der Waals surface area contributed by atoms with E-state index in [1.807, 2.05) is 118 Å². The van der Waals surface area contributed by atoms with E-state index in [-0.39, 0.29) is 66.0 Å². The van der Waals surface area contributed by atoms with Gasteiger partial charge >= 0.3 is 24.8 Å². The van der Waals surface area contributed by atoms with Crippen molar-refractivity contribution in [3.8, 4) is 33.8 Å². The molecule has 0 radical (unpaired) electrons. The Balaban J connectivity index is 0.000000146. The number of ether oxygens (including phenoxy) is 3. The number of hydrogen-bond acceptors (Lipinski definition) is 14. The maximum absolute atomic E-state index is 13.6. The molecule has 19 nitrogen and oxygen atoms in total. The molecule has 1 saturated heterocycles. The number of benzene rings is 5. The molecule has 3 aromatic heterocycles. The molecule has 5 aromatic carbocycles. The van der Waals surface area contributed by atoms with Crippen molar-refractivity contribution >= 4 is 57.0 Å². The molecule has 104 heavy (non-hydrogen) atoms. The molecule has 17 rings (SSSR count). The van der Waals surface area contributed by atoms with E-state index in [4.69, 9.17) is 14.6 Å². The topological polar surface area (TPSA) is 250 Å². The Morgan fingerprint density at radius 2 is 0.981 bits per heavy atom. The van der Waals surface area contributed by atoms with E-state index in [0.29, 0.717) is 35.7 Å². The van der Waals surface area contributed by atoms with Gasteiger partial charge in [0.15, 0.2) is 17.3 Å². The first-order chi connectivity index (χ1) is 49.7. The summed E-state index contributed by atoms with van der Waals surface area (Å²) in [6, 6.07) is 46.1. The molecule has 21 heteroatoms. The number of halogens is 1. The van der Waals surface area contributed by atoms with Gasteiger partial charge in [0, 0.05) is 80.5 Å². The number of carbonyl (C=O) groups excluding carboxylic acids is 7. The van der Waals surface area contributed by atoms with Gasteiger partial charge in [-0.05, 0) is 147 Å². The van der Waals surface area contributed by atoms with Crippen molar-refractivity contribution in [3.05, 3.63) is 201 Å². The second-order valence-corrected chi connectivity index (χ2v) is 29.8. The molecule has 2 amide bonds. The number of rotatable bonds is 19.